The Morgan fingerprint density at radius 1 is 1.00 bits per heavy atom. The van der Waals surface area contributed by atoms with Crippen LogP contribution in [0, 0.1) is 0 Å². The lowest BCUT2D eigenvalue weighted by atomic mass is 11.9. The molecule has 4 N–H and O–H groups in total. The minimum absolute atomic E-state index is 0.500. The van der Waals surface area contributed by atoms with Crippen molar-refractivity contribution in [3.63, 3.8) is 0 Å². The number of hydrogen-bond donors (Lipinski definition) is 4. The average Bonchev–Trinajstić information content (AvgIpc) is 1.36. The van der Waals surface area contributed by atoms with Crippen molar-refractivity contribution in [3.05, 3.63) is 0 Å². The van der Waals surface area contributed by atoms with Crippen molar-refractivity contribution in [2.24, 2.45) is 0 Å². The van der Waals surface area contributed by atoms with Crippen molar-refractivity contribution >= 4 is 9.05 Å². The molecule has 0 amide bonds. The van der Waals surface area contributed by atoms with Gasteiger partial charge >= 0.3 is 9.05 Å². The van der Waals surface area contributed by atoms with E-state index in [1.807, 2.05) is 0 Å². The molecule has 0 aliphatic carbocycles. The fourth-order valence-corrected chi connectivity index (χ4v) is 0. The zero-order valence-corrected chi connectivity index (χ0v) is 4.67. The van der Waals surface area contributed by atoms with Gasteiger partial charge in [-0.1, -0.05) is 0 Å². The molecule has 4 nitrogen and oxygen atoms in total. The van der Waals surface area contributed by atoms with Crippen molar-refractivity contribution in [3.8, 4) is 0 Å². The van der Waals surface area contributed by atoms with Crippen LogP contribution in [0.1, 0.15) is 0 Å². The van der Waals surface area contributed by atoms with Gasteiger partial charge in [-0.3, -0.25) is 4.39 Å². The first-order valence-electron chi connectivity index (χ1n) is 1.27. The predicted octanol–water partition coefficient (Wildman–Crippen LogP) is -2.02. The van der Waals surface area contributed by atoms with E-state index in [4.69, 9.17) is 19.2 Å². The Labute approximate surface area is 41.0 Å². The molecule has 0 radical (unpaired) electrons. The van der Waals surface area contributed by atoms with Gasteiger partial charge in [-0.15, -0.1) is 0 Å². The molecule has 0 aliphatic rings. The molecule has 0 aromatic heterocycles. The summed E-state index contributed by atoms with van der Waals surface area (Å²) in [5.74, 6) is 0. The van der Waals surface area contributed by atoms with Gasteiger partial charge in [0.1, 0.15) is 0 Å². The Morgan fingerprint density at radius 2 is 1.00 bits per heavy atom. The third kappa shape index (κ3) is 553000. The molecule has 0 aromatic rings. The Balaban J connectivity index is 0. The first kappa shape index (κ1) is 10.1. The predicted molar refractivity (Wildman–Crippen MR) is 21.7 cm³/mol. The van der Waals surface area contributed by atoms with Gasteiger partial charge in [-0.25, -0.2) is 0 Å². The van der Waals surface area contributed by atoms with E-state index in [0.717, 1.165) is 0 Å². The van der Waals surface area contributed by atoms with E-state index < -0.39 is 9.05 Å². The SMILES string of the molecule is CF.O[Si](O)(O)O. The zero-order valence-electron chi connectivity index (χ0n) is 3.67. The third-order valence-electron chi connectivity index (χ3n) is 0. The van der Waals surface area contributed by atoms with E-state index in [-0.39, 0.29) is 0 Å². The Hall–Kier alpha value is -0.0131. The molecule has 0 aliphatic heterocycles. The largest absolute Gasteiger partial charge is 0.668 e. The van der Waals surface area contributed by atoms with Crippen LogP contribution in [0.2, 0.25) is 0 Å². The lowest BCUT2D eigenvalue weighted by molar-refractivity contribution is 0.117. The van der Waals surface area contributed by atoms with Gasteiger partial charge in [0.15, 0.2) is 0 Å². The number of rotatable bonds is 0. The maximum Gasteiger partial charge on any atom is 0.668 e. The highest BCUT2D eigenvalue weighted by molar-refractivity contribution is 6.46. The van der Waals surface area contributed by atoms with Crippen molar-refractivity contribution in [2.45, 2.75) is 0 Å². The highest BCUT2D eigenvalue weighted by atomic mass is 28.4. The summed E-state index contributed by atoms with van der Waals surface area (Å²) in [7, 11) is -4.11. The van der Waals surface area contributed by atoms with Gasteiger partial charge in [0, 0.05) is 0 Å². The molecule has 0 heterocycles. The molecule has 6 heteroatoms. The Kier molecular flexibility index (Phi) is 5.98. The standard InChI is InChI=1S/CH3F.H4O4Si/c1-2;1-5(2,3)4/h1H3;1-4H. The van der Waals surface area contributed by atoms with Crippen LogP contribution in [0.4, 0.5) is 4.39 Å². The molecule has 0 saturated heterocycles. The number of halogens is 1. The first-order chi connectivity index (χ1) is 3.00. The van der Waals surface area contributed by atoms with E-state index in [0.29, 0.717) is 7.18 Å². The van der Waals surface area contributed by atoms with Crippen LogP contribution < -0.4 is 0 Å². The molecule has 0 saturated carbocycles. The van der Waals surface area contributed by atoms with Crippen LogP contribution in [0.25, 0.3) is 0 Å². The Bertz CT molecular complexity index is 27.2. The van der Waals surface area contributed by atoms with Crippen molar-refractivity contribution in [1.82, 2.24) is 0 Å². The monoisotopic (exact) mass is 130 g/mol. The summed E-state index contributed by atoms with van der Waals surface area (Å²) >= 11 is 0. The Morgan fingerprint density at radius 3 is 1.00 bits per heavy atom. The van der Waals surface area contributed by atoms with E-state index in [2.05, 4.69) is 0 Å². The van der Waals surface area contributed by atoms with Gasteiger partial charge in [-0.05, 0) is 0 Å². The van der Waals surface area contributed by atoms with E-state index in [1.165, 1.54) is 0 Å². The number of alkyl halides is 1. The molecular weight excluding hydrogens is 123 g/mol. The molecule has 0 bridgehead atoms. The molecule has 46 valence electrons. The lowest BCUT2D eigenvalue weighted by Gasteiger charge is -1.91. The maximum atomic E-state index is 9.50. The van der Waals surface area contributed by atoms with E-state index >= 15 is 0 Å². The molecule has 0 spiro atoms. The van der Waals surface area contributed by atoms with Crippen molar-refractivity contribution in [1.29, 1.82) is 0 Å². The van der Waals surface area contributed by atoms with E-state index in [1.54, 1.807) is 0 Å². The summed E-state index contributed by atoms with van der Waals surface area (Å²) in [6, 6.07) is 0. The van der Waals surface area contributed by atoms with Gasteiger partial charge < -0.3 is 19.2 Å². The quantitative estimate of drug-likeness (QED) is 0.285. The van der Waals surface area contributed by atoms with Crippen molar-refractivity contribution in [2.75, 3.05) is 7.18 Å². The molecule has 7 heavy (non-hydrogen) atoms. The minimum atomic E-state index is -4.61. The summed E-state index contributed by atoms with van der Waals surface area (Å²) in [6.45, 7) is 0. The van der Waals surface area contributed by atoms with E-state index in [9.17, 15) is 4.39 Å². The van der Waals surface area contributed by atoms with Crippen LogP contribution in [0.15, 0.2) is 0 Å². The van der Waals surface area contributed by atoms with Crippen LogP contribution in [0.5, 0.6) is 0 Å². The van der Waals surface area contributed by atoms with Crippen LogP contribution in [-0.4, -0.2) is 35.4 Å². The summed E-state index contributed by atoms with van der Waals surface area (Å²) in [5.41, 5.74) is 0. The first-order valence-corrected chi connectivity index (χ1v) is 3.06. The van der Waals surface area contributed by atoms with Gasteiger partial charge in [0.05, 0.1) is 7.18 Å². The fraction of sp³-hybridized carbons (Fsp3) is 1.00. The lowest BCUT2D eigenvalue weighted by Crippen LogP contribution is -2.33. The smallest absolute Gasteiger partial charge is 0.368 e. The third-order valence-corrected chi connectivity index (χ3v) is 0. The van der Waals surface area contributed by atoms with Gasteiger partial charge in [0.25, 0.3) is 0 Å². The van der Waals surface area contributed by atoms with Gasteiger partial charge in [-0.2, -0.15) is 0 Å². The molecular formula is CH7FO4Si. The van der Waals surface area contributed by atoms with Gasteiger partial charge in [0.2, 0.25) is 0 Å². The van der Waals surface area contributed by atoms with Crippen LogP contribution in [-0.2, 0) is 0 Å². The second-order valence-electron chi connectivity index (χ2n) is 0.600. The maximum absolute atomic E-state index is 9.50. The topological polar surface area (TPSA) is 80.9 Å². The second kappa shape index (κ2) is 4.15. The molecule has 0 fully saturated rings. The summed E-state index contributed by atoms with van der Waals surface area (Å²) in [6.07, 6.45) is 0. The van der Waals surface area contributed by atoms with Crippen LogP contribution >= 0.6 is 0 Å². The summed E-state index contributed by atoms with van der Waals surface area (Å²) < 4.78 is 9.50. The van der Waals surface area contributed by atoms with Crippen LogP contribution in [0.3, 0.4) is 0 Å². The molecule has 0 atom stereocenters. The average molecular weight is 130 g/mol. The minimum Gasteiger partial charge on any atom is -0.368 e. The highest BCUT2D eigenvalue weighted by Crippen LogP contribution is 1.67. The fourth-order valence-electron chi connectivity index (χ4n) is 0. The normalized spacial score (nSPS) is 9.43. The molecule has 0 rings (SSSR count). The zero-order chi connectivity index (χ0) is 6.50. The molecule has 0 aromatic carbocycles. The highest BCUT2D eigenvalue weighted by Gasteiger charge is 2.22. The summed E-state index contributed by atoms with van der Waals surface area (Å²) in [4.78, 5) is 29.3. The molecule has 0 unspecified atom stereocenters. The van der Waals surface area contributed by atoms with Crippen molar-refractivity contribution < 1.29 is 23.6 Å². The summed E-state index contributed by atoms with van der Waals surface area (Å²) in [5, 5.41) is 0. The number of hydrogen-bond acceptors (Lipinski definition) is 4. The second-order valence-corrected chi connectivity index (χ2v) is 1.80.